The van der Waals surface area contributed by atoms with E-state index in [0.717, 1.165) is 29.9 Å². The van der Waals surface area contributed by atoms with Gasteiger partial charge in [0.05, 0.1) is 23.3 Å². The van der Waals surface area contributed by atoms with Crippen molar-refractivity contribution in [3.05, 3.63) is 64.7 Å². The molecule has 3 aromatic rings. The van der Waals surface area contributed by atoms with Gasteiger partial charge in [0.1, 0.15) is 19.8 Å². The molecule has 0 bridgehead atoms. The van der Waals surface area contributed by atoms with E-state index >= 15 is 0 Å². The third-order valence-electron chi connectivity index (χ3n) is 5.56. The maximum Gasteiger partial charge on any atom is 0.261 e. The zero-order valence-corrected chi connectivity index (χ0v) is 15.9. The number of para-hydroxylation sites is 1. The quantitative estimate of drug-likeness (QED) is 0.686. The van der Waals surface area contributed by atoms with Gasteiger partial charge >= 0.3 is 0 Å². The molecule has 0 N–H and O–H groups in total. The molecule has 148 valence electrons. The van der Waals surface area contributed by atoms with E-state index in [4.69, 9.17) is 9.47 Å². The average Bonchev–Trinajstić information content (AvgIpc) is 3.26. The minimum atomic E-state index is -0.195. The summed E-state index contributed by atoms with van der Waals surface area (Å²) >= 11 is 0. The van der Waals surface area contributed by atoms with Gasteiger partial charge < -0.3 is 14.4 Å². The molecule has 1 amide bonds. The first-order chi connectivity index (χ1) is 14.2. The Morgan fingerprint density at radius 3 is 2.83 bits per heavy atom. The SMILES string of the molecule is O=C(Cn1cnc2ccccc2c1=O)N1CCC[C@@H]1c1ccc2c(c1)OCCO2. The van der Waals surface area contributed by atoms with Crippen molar-refractivity contribution in [1.29, 1.82) is 0 Å². The van der Waals surface area contributed by atoms with E-state index in [-0.39, 0.29) is 24.1 Å². The third kappa shape index (κ3) is 3.22. The van der Waals surface area contributed by atoms with E-state index in [1.807, 2.05) is 29.2 Å². The molecule has 0 aliphatic carbocycles. The maximum atomic E-state index is 13.1. The highest BCUT2D eigenvalue weighted by Gasteiger charge is 2.31. The number of aromatic nitrogens is 2. The number of hydrogen-bond donors (Lipinski definition) is 0. The first-order valence-corrected chi connectivity index (χ1v) is 9.84. The minimum absolute atomic E-state index is 0.0162. The van der Waals surface area contributed by atoms with Crippen molar-refractivity contribution >= 4 is 16.8 Å². The molecule has 3 heterocycles. The van der Waals surface area contributed by atoms with Gasteiger partial charge in [-0.05, 0) is 42.7 Å². The molecule has 0 saturated carbocycles. The van der Waals surface area contributed by atoms with Gasteiger partial charge in [0.15, 0.2) is 11.5 Å². The fourth-order valence-corrected chi connectivity index (χ4v) is 4.13. The molecule has 1 saturated heterocycles. The predicted molar refractivity (Wildman–Crippen MR) is 107 cm³/mol. The fraction of sp³-hybridized carbons (Fsp3) is 0.318. The molecule has 0 unspecified atom stereocenters. The van der Waals surface area contributed by atoms with Crippen molar-refractivity contribution in [3.8, 4) is 11.5 Å². The Kier molecular flexibility index (Phi) is 4.42. The fourth-order valence-electron chi connectivity index (χ4n) is 4.13. The number of rotatable bonds is 3. The number of ether oxygens (including phenoxy) is 2. The molecule has 29 heavy (non-hydrogen) atoms. The molecule has 1 atom stereocenters. The number of carbonyl (C=O) groups is 1. The molecule has 2 aromatic carbocycles. The van der Waals surface area contributed by atoms with Gasteiger partial charge in [0.2, 0.25) is 5.91 Å². The van der Waals surface area contributed by atoms with Crippen LogP contribution in [-0.4, -0.2) is 40.1 Å². The van der Waals surface area contributed by atoms with Gasteiger partial charge in [0, 0.05) is 6.54 Å². The van der Waals surface area contributed by atoms with Crippen molar-refractivity contribution in [3.63, 3.8) is 0 Å². The van der Waals surface area contributed by atoms with Gasteiger partial charge in [-0.3, -0.25) is 14.2 Å². The Bertz CT molecular complexity index is 1140. The number of nitrogens with zero attached hydrogens (tertiary/aromatic N) is 3. The van der Waals surface area contributed by atoms with E-state index in [9.17, 15) is 9.59 Å². The van der Waals surface area contributed by atoms with Crippen molar-refractivity contribution in [2.75, 3.05) is 19.8 Å². The van der Waals surface area contributed by atoms with Crippen LogP contribution in [0.15, 0.2) is 53.6 Å². The van der Waals surface area contributed by atoms with E-state index in [0.29, 0.717) is 30.7 Å². The van der Waals surface area contributed by atoms with Crippen LogP contribution >= 0.6 is 0 Å². The average molecular weight is 391 g/mol. The number of hydrogen-bond acceptors (Lipinski definition) is 5. The first-order valence-electron chi connectivity index (χ1n) is 9.84. The Labute approximate surface area is 167 Å². The van der Waals surface area contributed by atoms with E-state index < -0.39 is 0 Å². The van der Waals surface area contributed by atoms with Crippen LogP contribution in [0.1, 0.15) is 24.4 Å². The number of fused-ring (bicyclic) bond motifs is 2. The standard InChI is InChI=1S/C22H21N3O4/c26-21(13-24-14-23-17-5-2-1-4-16(17)22(24)27)25-9-3-6-18(25)15-7-8-19-20(12-15)29-11-10-28-19/h1-2,4-5,7-8,12,14,18H,3,6,9-11,13H2/t18-/m1/s1. The third-order valence-corrected chi connectivity index (χ3v) is 5.56. The van der Waals surface area contributed by atoms with Crippen LogP contribution in [-0.2, 0) is 11.3 Å². The van der Waals surface area contributed by atoms with E-state index in [1.165, 1.54) is 10.9 Å². The van der Waals surface area contributed by atoms with E-state index in [2.05, 4.69) is 4.98 Å². The lowest BCUT2D eigenvalue weighted by molar-refractivity contribution is -0.132. The molecule has 7 nitrogen and oxygen atoms in total. The zero-order valence-electron chi connectivity index (χ0n) is 15.9. The van der Waals surface area contributed by atoms with Gasteiger partial charge in [-0.25, -0.2) is 4.98 Å². The van der Waals surface area contributed by atoms with Crippen LogP contribution in [0.5, 0.6) is 11.5 Å². The minimum Gasteiger partial charge on any atom is -0.486 e. The van der Waals surface area contributed by atoms with Crippen molar-refractivity contribution in [2.24, 2.45) is 0 Å². The second-order valence-corrected chi connectivity index (χ2v) is 7.34. The van der Waals surface area contributed by atoms with Gasteiger partial charge in [-0.1, -0.05) is 18.2 Å². The topological polar surface area (TPSA) is 73.7 Å². The molecule has 1 aromatic heterocycles. The summed E-state index contributed by atoms with van der Waals surface area (Å²) in [6, 6.07) is 13.0. The Morgan fingerprint density at radius 2 is 1.93 bits per heavy atom. The lowest BCUT2D eigenvalue weighted by atomic mass is 10.0. The maximum absolute atomic E-state index is 13.1. The smallest absolute Gasteiger partial charge is 0.261 e. The molecule has 5 rings (SSSR count). The summed E-state index contributed by atoms with van der Waals surface area (Å²) in [4.78, 5) is 31.9. The summed E-state index contributed by atoms with van der Waals surface area (Å²) in [5, 5.41) is 0.521. The van der Waals surface area contributed by atoms with Crippen LogP contribution in [0.4, 0.5) is 0 Å². The van der Waals surface area contributed by atoms with Gasteiger partial charge in [-0.2, -0.15) is 0 Å². The highest BCUT2D eigenvalue weighted by atomic mass is 16.6. The Hall–Kier alpha value is -3.35. The molecule has 2 aliphatic heterocycles. The highest BCUT2D eigenvalue weighted by molar-refractivity contribution is 5.79. The number of benzene rings is 2. The highest BCUT2D eigenvalue weighted by Crippen LogP contribution is 2.38. The van der Waals surface area contributed by atoms with Crippen LogP contribution in [0.25, 0.3) is 10.9 Å². The Balaban J connectivity index is 1.39. The van der Waals surface area contributed by atoms with Crippen molar-refractivity contribution < 1.29 is 14.3 Å². The molecule has 0 radical (unpaired) electrons. The molecule has 2 aliphatic rings. The molecule has 1 fully saturated rings. The van der Waals surface area contributed by atoms with Crippen LogP contribution < -0.4 is 15.0 Å². The molecular formula is C22H21N3O4. The lowest BCUT2D eigenvalue weighted by Gasteiger charge is -2.27. The summed E-state index contributed by atoms with van der Waals surface area (Å²) in [6.07, 6.45) is 3.27. The Morgan fingerprint density at radius 1 is 1.10 bits per heavy atom. The summed E-state index contributed by atoms with van der Waals surface area (Å²) in [7, 11) is 0. The van der Waals surface area contributed by atoms with Crippen LogP contribution in [0, 0.1) is 0 Å². The molecule has 7 heteroatoms. The number of likely N-dealkylation sites (tertiary alicyclic amines) is 1. The lowest BCUT2D eigenvalue weighted by Crippen LogP contribution is -2.36. The second kappa shape index (κ2) is 7.24. The largest absolute Gasteiger partial charge is 0.486 e. The number of amides is 1. The molecular weight excluding hydrogens is 370 g/mol. The van der Waals surface area contributed by atoms with Crippen molar-refractivity contribution in [2.45, 2.75) is 25.4 Å². The van der Waals surface area contributed by atoms with Crippen molar-refractivity contribution in [1.82, 2.24) is 14.5 Å². The van der Waals surface area contributed by atoms with E-state index in [1.54, 1.807) is 18.2 Å². The monoisotopic (exact) mass is 391 g/mol. The van der Waals surface area contributed by atoms with Crippen LogP contribution in [0.2, 0.25) is 0 Å². The summed E-state index contributed by atoms with van der Waals surface area (Å²) < 4.78 is 12.7. The molecule has 0 spiro atoms. The van der Waals surface area contributed by atoms with Crippen LogP contribution in [0.3, 0.4) is 0 Å². The zero-order chi connectivity index (χ0) is 19.8. The van der Waals surface area contributed by atoms with Gasteiger partial charge in [-0.15, -0.1) is 0 Å². The normalized spacial score (nSPS) is 18.2. The second-order valence-electron chi connectivity index (χ2n) is 7.34. The summed E-state index contributed by atoms with van der Waals surface area (Å²) in [6.45, 7) is 1.74. The predicted octanol–water partition coefficient (Wildman–Crippen LogP) is 2.53. The summed E-state index contributed by atoms with van der Waals surface area (Å²) in [5.41, 5.74) is 1.47. The van der Waals surface area contributed by atoms with Gasteiger partial charge in [0.25, 0.3) is 5.56 Å². The first kappa shape index (κ1) is 17.7. The number of carbonyl (C=O) groups excluding carboxylic acids is 1. The summed E-state index contributed by atoms with van der Waals surface area (Å²) in [5.74, 6) is 1.38.